The molecule has 1 aliphatic heterocycles. The van der Waals surface area contributed by atoms with Gasteiger partial charge in [0, 0.05) is 36.2 Å². The van der Waals surface area contributed by atoms with E-state index < -0.39 is 40.2 Å². The molecule has 2 aromatic rings. The minimum absolute atomic E-state index is 0.0187. The van der Waals surface area contributed by atoms with E-state index in [2.05, 4.69) is 0 Å². The van der Waals surface area contributed by atoms with Crippen LogP contribution in [0.25, 0.3) is 5.76 Å². The number of nitro benzene ring substituents is 1. The summed E-state index contributed by atoms with van der Waals surface area (Å²) in [4.78, 5) is 47.4. The van der Waals surface area contributed by atoms with Gasteiger partial charge in [0.2, 0.25) is 0 Å². The molecule has 0 unspecified atom stereocenters. The maximum Gasteiger partial charge on any atom is 0.303 e. The molecule has 0 spiro atoms. The highest BCUT2D eigenvalue weighted by molar-refractivity contribution is 6.46. The second kappa shape index (κ2) is 8.74. The summed E-state index contributed by atoms with van der Waals surface area (Å²) in [5.74, 6) is -4.47. The number of aliphatic hydroxyl groups excluding tert-OH is 1. The molecule has 2 aromatic carbocycles. The fourth-order valence-corrected chi connectivity index (χ4v) is 3.43. The number of hydrogen-bond donors (Lipinski definition) is 2. The Bertz CT molecular complexity index is 1100. The number of aliphatic hydroxyl groups is 1. The van der Waals surface area contributed by atoms with Crippen molar-refractivity contribution in [2.45, 2.75) is 18.9 Å². The van der Waals surface area contributed by atoms with Crippen molar-refractivity contribution in [3.63, 3.8) is 0 Å². The van der Waals surface area contributed by atoms with Crippen molar-refractivity contribution in [3.05, 3.63) is 81.2 Å². The topological polar surface area (TPSA) is 138 Å². The van der Waals surface area contributed by atoms with Gasteiger partial charge in [-0.05, 0) is 24.6 Å². The van der Waals surface area contributed by atoms with Crippen LogP contribution in [0.4, 0.5) is 10.1 Å². The maximum absolute atomic E-state index is 14.6. The van der Waals surface area contributed by atoms with E-state index in [-0.39, 0.29) is 41.8 Å². The summed E-state index contributed by atoms with van der Waals surface area (Å²) in [5.41, 5.74) is -0.619. The summed E-state index contributed by atoms with van der Waals surface area (Å²) in [6, 6.07) is 8.82. The molecule has 1 fully saturated rings. The zero-order valence-corrected chi connectivity index (χ0v) is 16.0. The maximum atomic E-state index is 14.6. The number of likely N-dealkylation sites (tertiary alicyclic amines) is 1. The lowest BCUT2D eigenvalue weighted by atomic mass is 9.95. The van der Waals surface area contributed by atoms with Gasteiger partial charge in [-0.2, -0.15) is 0 Å². The SMILES string of the molecule is O=C(O)CCCN1C(=O)C(=O)C(=C(O)c2ccc([N+](=O)[O-])cc2)[C@H]1c1ccccc1F. The Morgan fingerprint density at radius 1 is 1.10 bits per heavy atom. The lowest BCUT2D eigenvalue weighted by Crippen LogP contribution is -2.31. The van der Waals surface area contributed by atoms with Crippen LogP contribution in [0.2, 0.25) is 0 Å². The number of amides is 1. The van der Waals surface area contributed by atoms with Crippen molar-refractivity contribution >= 4 is 29.1 Å². The molecular formula is C21H17FN2O7. The molecule has 1 amide bonds. The van der Waals surface area contributed by atoms with Gasteiger partial charge in [0.1, 0.15) is 11.6 Å². The summed E-state index contributed by atoms with van der Waals surface area (Å²) < 4.78 is 14.6. The molecule has 160 valence electrons. The van der Waals surface area contributed by atoms with Crippen LogP contribution in [-0.2, 0) is 14.4 Å². The second-order valence-corrected chi connectivity index (χ2v) is 6.82. The molecule has 0 saturated carbocycles. The van der Waals surface area contributed by atoms with E-state index in [1.807, 2.05) is 0 Å². The Morgan fingerprint density at radius 3 is 2.32 bits per heavy atom. The number of Topliss-reactive ketones (excluding diaryl/α,β-unsaturated/α-hetero) is 1. The Morgan fingerprint density at radius 2 is 1.74 bits per heavy atom. The van der Waals surface area contributed by atoms with Crippen LogP contribution in [0.1, 0.15) is 30.0 Å². The van der Waals surface area contributed by atoms with E-state index in [1.165, 1.54) is 30.3 Å². The fourth-order valence-electron chi connectivity index (χ4n) is 3.43. The third-order valence-electron chi connectivity index (χ3n) is 4.88. The number of nitrogens with zero attached hydrogens (tertiary/aromatic N) is 2. The summed E-state index contributed by atoms with van der Waals surface area (Å²) in [6.07, 6.45) is -0.250. The summed E-state index contributed by atoms with van der Waals surface area (Å²) in [6.45, 7) is -0.146. The normalized spacial score (nSPS) is 17.7. The molecule has 0 aromatic heterocycles. The minimum Gasteiger partial charge on any atom is -0.507 e. The highest BCUT2D eigenvalue weighted by Gasteiger charge is 2.46. The van der Waals surface area contributed by atoms with Crippen LogP contribution in [0.3, 0.4) is 0 Å². The van der Waals surface area contributed by atoms with Crippen LogP contribution in [0.5, 0.6) is 0 Å². The average molecular weight is 428 g/mol. The molecule has 1 atom stereocenters. The van der Waals surface area contributed by atoms with Gasteiger partial charge in [0.05, 0.1) is 16.5 Å². The number of carboxylic acid groups (broad SMARTS) is 1. The average Bonchev–Trinajstić information content (AvgIpc) is 2.98. The van der Waals surface area contributed by atoms with E-state index in [1.54, 1.807) is 0 Å². The van der Waals surface area contributed by atoms with Crippen molar-refractivity contribution in [2.75, 3.05) is 6.54 Å². The first kappa shape index (κ1) is 21.6. The standard InChI is InChI=1S/C21H17FN2O7/c22-15-5-2-1-4-14(15)18-17(19(27)12-7-9-13(10-8-12)24(30)31)20(28)21(29)23(18)11-3-6-16(25)26/h1-2,4-5,7-10,18,27H,3,6,11H2,(H,25,26)/t18-/m1/s1. The van der Waals surface area contributed by atoms with E-state index in [0.717, 1.165) is 23.1 Å². The number of carboxylic acids is 1. The van der Waals surface area contributed by atoms with Crippen molar-refractivity contribution in [3.8, 4) is 0 Å². The Hall–Kier alpha value is -4.08. The number of benzene rings is 2. The van der Waals surface area contributed by atoms with Gasteiger partial charge < -0.3 is 15.1 Å². The van der Waals surface area contributed by atoms with Crippen LogP contribution in [0.15, 0.2) is 54.1 Å². The summed E-state index contributed by atoms with van der Waals surface area (Å²) in [5, 5.41) is 30.5. The zero-order valence-electron chi connectivity index (χ0n) is 16.0. The predicted octanol–water partition coefficient (Wildman–Crippen LogP) is 3.02. The number of carbonyl (C=O) groups is 3. The Kier molecular flexibility index (Phi) is 6.10. The third kappa shape index (κ3) is 4.27. The highest BCUT2D eigenvalue weighted by atomic mass is 19.1. The van der Waals surface area contributed by atoms with Gasteiger partial charge in [-0.25, -0.2) is 4.39 Å². The van der Waals surface area contributed by atoms with Gasteiger partial charge in [0.25, 0.3) is 17.4 Å². The number of halogens is 1. The van der Waals surface area contributed by atoms with E-state index in [9.17, 15) is 34.0 Å². The predicted molar refractivity (Wildman–Crippen MR) is 105 cm³/mol. The zero-order chi connectivity index (χ0) is 22.7. The Balaban J connectivity index is 2.11. The van der Waals surface area contributed by atoms with E-state index in [4.69, 9.17) is 5.11 Å². The quantitative estimate of drug-likeness (QED) is 0.227. The molecule has 0 radical (unpaired) electrons. The molecule has 0 aliphatic carbocycles. The van der Waals surface area contributed by atoms with Crippen LogP contribution in [0, 0.1) is 15.9 Å². The van der Waals surface area contributed by atoms with Crippen LogP contribution < -0.4 is 0 Å². The number of carbonyl (C=O) groups excluding carboxylic acids is 2. The van der Waals surface area contributed by atoms with Gasteiger partial charge in [-0.15, -0.1) is 0 Å². The molecule has 1 heterocycles. The smallest absolute Gasteiger partial charge is 0.303 e. The number of non-ortho nitro benzene ring substituents is 1. The van der Waals surface area contributed by atoms with Crippen LogP contribution >= 0.6 is 0 Å². The van der Waals surface area contributed by atoms with Gasteiger partial charge >= 0.3 is 5.97 Å². The summed E-state index contributed by atoms with van der Waals surface area (Å²) >= 11 is 0. The molecule has 3 rings (SSSR count). The first-order valence-electron chi connectivity index (χ1n) is 9.21. The Labute approximate surface area is 175 Å². The monoisotopic (exact) mass is 428 g/mol. The van der Waals surface area contributed by atoms with Crippen molar-refractivity contribution in [2.24, 2.45) is 0 Å². The fraction of sp³-hybridized carbons (Fsp3) is 0.190. The second-order valence-electron chi connectivity index (χ2n) is 6.82. The van der Waals surface area contributed by atoms with Crippen LogP contribution in [-0.4, -0.2) is 44.2 Å². The molecule has 2 N–H and O–H groups in total. The first-order valence-corrected chi connectivity index (χ1v) is 9.21. The summed E-state index contributed by atoms with van der Waals surface area (Å²) in [7, 11) is 0. The molecular weight excluding hydrogens is 411 g/mol. The lowest BCUT2D eigenvalue weighted by molar-refractivity contribution is -0.384. The van der Waals surface area contributed by atoms with Gasteiger partial charge in [-0.1, -0.05) is 18.2 Å². The van der Waals surface area contributed by atoms with Gasteiger partial charge in [-0.3, -0.25) is 24.5 Å². The molecule has 1 saturated heterocycles. The lowest BCUT2D eigenvalue weighted by Gasteiger charge is -2.25. The molecule has 1 aliphatic rings. The third-order valence-corrected chi connectivity index (χ3v) is 4.88. The minimum atomic E-state index is -1.27. The molecule has 10 heteroatoms. The largest absolute Gasteiger partial charge is 0.507 e. The molecule has 0 bridgehead atoms. The van der Waals surface area contributed by atoms with Crippen molar-refractivity contribution in [1.29, 1.82) is 0 Å². The number of hydrogen-bond acceptors (Lipinski definition) is 6. The first-order chi connectivity index (χ1) is 14.7. The molecule has 31 heavy (non-hydrogen) atoms. The van der Waals surface area contributed by atoms with E-state index in [0.29, 0.717) is 0 Å². The van der Waals surface area contributed by atoms with Crippen molar-refractivity contribution in [1.82, 2.24) is 4.90 Å². The number of aliphatic carboxylic acids is 1. The number of rotatable bonds is 7. The van der Waals surface area contributed by atoms with Crippen molar-refractivity contribution < 1.29 is 33.9 Å². The number of ketones is 1. The van der Waals surface area contributed by atoms with E-state index >= 15 is 0 Å². The number of nitro groups is 1. The molecule has 9 nitrogen and oxygen atoms in total. The van der Waals surface area contributed by atoms with Gasteiger partial charge in [0.15, 0.2) is 0 Å². The highest BCUT2D eigenvalue weighted by Crippen LogP contribution is 2.40.